The van der Waals surface area contributed by atoms with Crippen molar-refractivity contribution in [1.29, 1.82) is 0 Å². The lowest BCUT2D eigenvalue weighted by Crippen LogP contribution is -2.12. The fraction of sp³-hybridized carbons (Fsp3) is 0.100. The van der Waals surface area contributed by atoms with Gasteiger partial charge in [-0.25, -0.2) is 4.99 Å². The standard InChI is InChI=1S/C30H24N2OS/c1-2-20-11-8-13-25-28(20)23-17-19(15-16-24(23)33-25)18-27-29(22-12-6-7-14-26(22)34-27)32-30(31)21-9-4-3-5-10-21/h3-17H,2,18H2,1H3,(H2,31,32). The summed E-state index contributed by atoms with van der Waals surface area (Å²) in [6.07, 6.45) is 1.77. The number of fused-ring (bicyclic) bond motifs is 4. The smallest absolute Gasteiger partial charge is 0.135 e. The van der Waals surface area contributed by atoms with Crippen LogP contribution in [0.1, 0.15) is 28.5 Å². The van der Waals surface area contributed by atoms with Crippen molar-refractivity contribution in [3.63, 3.8) is 0 Å². The summed E-state index contributed by atoms with van der Waals surface area (Å²) in [7, 11) is 0. The number of hydrogen-bond acceptors (Lipinski definition) is 3. The minimum absolute atomic E-state index is 0.536. The summed E-state index contributed by atoms with van der Waals surface area (Å²) in [6, 6.07) is 31.2. The van der Waals surface area contributed by atoms with Gasteiger partial charge in [-0.3, -0.25) is 0 Å². The lowest BCUT2D eigenvalue weighted by molar-refractivity contribution is 0.668. The number of aliphatic imine (C=N–C) groups is 1. The molecule has 0 unspecified atom stereocenters. The zero-order valence-electron chi connectivity index (χ0n) is 18.9. The van der Waals surface area contributed by atoms with Crippen molar-refractivity contribution in [2.24, 2.45) is 10.7 Å². The lowest BCUT2D eigenvalue weighted by atomic mass is 10.0. The van der Waals surface area contributed by atoms with E-state index >= 15 is 0 Å². The summed E-state index contributed by atoms with van der Waals surface area (Å²) in [6.45, 7) is 2.19. The van der Waals surface area contributed by atoms with Crippen LogP contribution in [0.5, 0.6) is 0 Å². The van der Waals surface area contributed by atoms with Gasteiger partial charge < -0.3 is 10.2 Å². The Labute approximate surface area is 202 Å². The van der Waals surface area contributed by atoms with Gasteiger partial charge in [0.05, 0.1) is 5.69 Å². The Morgan fingerprint density at radius 3 is 2.53 bits per heavy atom. The highest BCUT2D eigenvalue weighted by Crippen LogP contribution is 2.40. The molecular weight excluding hydrogens is 436 g/mol. The number of benzene rings is 4. The van der Waals surface area contributed by atoms with Gasteiger partial charge in [-0.2, -0.15) is 0 Å². The Balaban J connectivity index is 1.47. The average Bonchev–Trinajstić information content (AvgIpc) is 3.42. The van der Waals surface area contributed by atoms with Crippen molar-refractivity contribution in [1.82, 2.24) is 0 Å². The molecule has 166 valence electrons. The first-order valence-electron chi connectivity index (χ1n) is 11.5. The van der Waals surface area contributed by atoms with Crippen LogP contribution in [0.15, 0.2) is 100 Å². The van der Waals surface area contributed by atoms with Crippen molar-refractivity contribution in [3.05, 3.63) is 113 Å². The van der Waals surface area contributed by atoms with E-state index in [9.17, 15) is 0 Å². The third-order valence-corrected chi connectivity index (χ3v) is 7.49. The third kappa shape index (κ3) is 3.57. The van der Waals surface area contributed by atoms with Gasteiger partial charge in [0.2, 0.25) is 0 Å². The third-order valence-electron chi connectivity index (χ3n) is 6.33. The molecule has 4 heteroatoms. The number of amidine groups is 1. The lowest BCUT2D eigenvalue weighted by Gasteiger charge is -2.05. The monoisotopic (exact) mass is 460 g/mol. The molecule has 0 atom stereocenters. The van der Waals surface area contributed by atoms with E-state index in [-0.39, 0.29) is 0 Å². The highest BCUT2D eigenvalue weighted by Gasteiger charge is 2.15. The van der Waals surface area contributed by atoms with Crippen LogP contribution in [0.2, 0.25) is 0 Å². The molecule has 0 bridgehead atoms. The fourth-order valence-electron chi connectivity index (χ4n) is 4.66. The molecule has 6 aromatic rings. The average molecular weight is 461 g/mol. The molecule has 0 aliphatic rings. The normalized spacial score (nSPS) is 12.2. The quantitative estimate of drug-likeness (QED) is 0.209. The second-order valence-corrected chi connectivity index (χ2v) is 9.62. The van der Waals surface area contributed by atoms with Crippen molar-refractivity contribution in [2.75, 3.05) is 0 Å². The number of nitrogens with zero attached hydrogens (tertiary/aromatic N) is 1. The summed E-state index contributed by atoms with van der Waals surface area (Å²) in [4.78, 5) is 6.14. The zero-order chi connectivity index (χ0) is 23.1. The van der Waals surface area contributed by atoms with Gasteiger partial charge in [0, 0.05) is 37.7 Å². The Morgan fingerprint density at radius 1 is 0.853 bits per heavy atom. The molecule has 0 saturated heterocycles. The summed E-state index contributed by atoms with van der Waals surface area (Å²) in [5, 5.41) is 3.55. The molecule has 34 heavy (non-hydrogen) atoms. The van der Waals surface area contributed by atoms with Crippen molar-refractivity contribution in [3.8, 4) is 0 Å². The molecule has 4 aromatic carbocycles. The van der Waals surface area contributed by atoms with E-state index in [4.69, 9.17) is 15.1 Å². The highest BCUT2D eigenvalue weighted by atomic mass is 32.1. The molecule has 0 aliphatic heterocycles. The molecule has 0 fully saturated rings. The maximum Gasteiger partial charge on any atom is 0.135 e. The van der Waals surface area contributed by atoms with Crippen LogP contribution in [0.25, 0.3) is 32.0 Å². The molecule has 0 amide bonds. The van der Waals surface area contributed by atoms with Crippen LogP contribution >= 0.6 is 11.3 Å². The first-order valence-corrected chi connectivity index (χ1v) is 12.4. The summed E-state index contributed by atoms with van der Waals surface area (Å²) in [5.41, 5.74) is 12.8. The van der Waals surface area contributed by atoms with Gasteiger partial charge >= 0.3 is 0 Å². The van der Waals surface area contributed by atoms with E-state index in [1.165, 1.54) is 31.5 Å². The van der Waals surface area contributed by atoms with Crippen LogP contribution in [-0.4, -0.2) is 5.84 Å². The number of rotatable bonds is 5. The molecular formula is C30H24N2OS. The fourth-order valence-corrected chi connectivity index (χ4v) is 5.83. The maximum atomic E-state index is 6.44. The molecule has 2 aromatic heterocycles. The topological polar surface area (TPSA) is 51.5 Å². The van der Waals surface area contributed by atoms with Gasteiger partial charge in [-0.15, -0.1) is 11.3 Å². The van der Waals surface area contributed by atoms with E-state index < -0.39 is 0 Å². The van der Waals surface area contributed by atoms with Crippen LogP contribution in [0.4, 0.5) is 5.69 Å². The van der Waals surface area contributed by atoms with E-state index in [0.717, 1.165) is 40.6 Å². The molecule has 0 spiro atoms. The van der Waals surface area contributed by atoms with E-state index in [2.05, 4.69) is 67.6 Å². The number of aryl methyl sites for hydroxylation is 1. The minimum atomic E-state index is 0.536. The van der Waals surface area contributed by atoms with Gasteiger partial charge in [0.1, 0.15) is 17.0 Å². The van der Waals surface area contributed by atoms with Crippen molar-refractivity contribution >= 4 is 54.9 Å². The molecule has 0 radical (unpaired) electrons. The SMILES string of the molecule is CCc1cccc2oc3ccc(Cc4sc5ccccc5c4N=C(N)c4ccccc4)cc3c12. The molecule has 0 aliphatic carbocycles. The number of thiophene rings is 1. The van der Waals surface area contributed by atoms with Crippen molar-refractivity contribution in [2.45, 2.75) is 19.8 Å². The maximum absolute atomic E-state index is 6.44. The van der Waals surface area contributed by atoms with Crippen LogP contribution in [0.3, 0.4) is 0 Å². The van der Waals surface area contributed by atoms with Gasteiger partial charge in [0.15, 0.2) is 0 Å². The molecule has 3 nitrogen and oxygen atoms in total. The second kappa shape index (κ2) is 8.47. The number of hydrogen-bond donors (Lipinski definition) is 1. The summed E-state index contributed by atoms with van der Waals surface area (Å²) in [5.74, 6) is 0.536. The Hall–Kier alpha value is -3.89. The second-order valence-electron chi connectivity index (χ2n) is 8.49. The molecule has 2 heterocycles. The zero-order valence-corrected chi connectivity index (χ0v) is 19.7. The van der Waals surface area contributed by atoms with Crippen LogP contribution in [-0.2, 0) is 12.8 Å². The van der Waals surface area contributed by atoms with E-state index in [1.54, 1.807) is 11.3 Å². The molecule has 6 rings (SSSR count). The molecule has 2 N–H and O–H groups in total. The summed E-state index contributed by atoms with van der Waals surface area (Å²) >= 11 is 1.79. The van der Waals surface area contributed by atoms with Gasteiger partial charge in [-0.05, 0) is 41.8 Å². The first kappa shape index (κ1) is 20.7. The van der Waals surface area contributed by atoms with E-state index in [1.807, 2.05) is 30.3 Å². The largest absolute Gasteiger partial charge is 0.456 e. The first-order chi connectivity index (χ1) is 16.7. The Morgan fingerprint density at radius 2 is 1.68 bits per heavy atom. The number of furan rings is 1. The predicted molar refractivity (Wildman–Crippen MR) is 145 cm³/mol. The van der Waals surface area contributed by atoms with Crippen molar-refractivity contribution < 1.29 is 4.42 Å². The summed E-state index contributed by atoms with van der Waals surface area (Å²) < 4.78 is 7.36. The van der Waals surface area contributed by atoms with Gasteiger partial charge in [0.25, 0.3) is 0 Å². The minimum Gasteiger partial charge on any atom is -0.456 e. The van der Waals surface area contributed by atoms with Gasteiger partial charge in [-0.1, -0.05) is 73.7 Å². The Bertz CT molecular complexity index is 1670. The Kier molecular flexibility index (Phi) is 5.16. The predicted octanol–water partition coefficient (Wildman–Crippen LogP) is 7.99. The highest BCUT2D eigenvalue weighted by molar-refractivity contribution is 7.19. The number of nitrogens with two attached hydrogens (primary N) is 1. The molecule has 0 saturated carbocycles. The van der Waals surface area contributed by atoms with Crippen LogP contribution in [0, 0.1) is 0 Å². The van der Waals surface area contributed by atoms with E-state index in [0.29, 0.717) is 5.84 Å². The van der Waals surface area contributed by atoms with Crippen LogP contribution < -0.4 is 5.73 Å².